The highest BCUT2D eigenvalue weighted by molar-refractivity contribution is 6.30. The molecule has 1 aromatic rings. The molecule has 0 radical (unpaired) electrons. The molecular weight excluding hydrogens is 276 g/mol. The summed E-state index contributed by atoms with van der Waals surface area (Å²) in [6.45, 7) is 0. The molecule has 100 valence electrons. The van der Waals surface area contributed by atoms with Gasteiger partial charge in [0.15, 0.2) is 0 Å². The summed E-state index contributed by atoms with van der Waals surface area (Å²) in [4.78, 5) is 0. The van der Waals surface area contributed by atoms with Gasteiger partial charge in [-0.3, -0.25) is 0 Å². The second-order valence-corrected chi connectivity index (χ2v) is 4.42. The molecule has 0 atom stereocenters. The van der Waals surface area contributed by atoms with Crippen LogP contribution in [0, 0.1) is 11.3 Å². The van der Waals surface area contributed by atoms with Crippen molar-refractivity contribution in [2.45, 2.75) is 0 Å². The molecule has 1 aliphatic carbocycles. The van der Waals surface area contributed by atoms with Crippen LogP contribution in [0.2, 0.25) is 5.02 Å². The third kappa shape index (κ3) is 2.73. The minimum Gasteiger partial charge on any atom is -0.494 e. The monoisotopic (exact) mass is 286 g/mol. The first-order chi connectivity index (χ1) is 9.69. The van der Waals surface area contributed by atoms with E-state index in [-0.39, 0.29) is 0 Å². The van der Waals surface area contributed by atoms with Crippen molar-refractivity contribution in [3.8, 4) is 6.07 Å². The fraction of sp³-hybridized carbons (Fsp3) is 0.0667. The Morgan fingerprint density at radius 1 is 1.30 bits per heavy atom. The highest BCUT2D eigenvalue weighted by atomic mass is 35.5. The van der Waals surface area contributed by atoms with Gasteiger partial charge < -0.3 is 9.94 Å². The van der Waals surface area contributed by atoms with Crippen LogP contribution in [0.25, 0.3) is 5.57 Å². The van der Waals surface area contributed by atoms with Crippen molar-refractivity contribution in [3.05, 3.63) is 64.4 Å². The number of nitriles is 1. The Bertz CT molecular complexity index is 677. The van der Waals surface area contributed by atoms with Gasteiger partial charge in [0.1, 0.15) is 17.5 Å². The molecule has 0 fully saturated rings. The molecular formula is C15H11ClN2O2. The van der Waals surface area contributed by atoms with Crippen LogP contribution in [-0.4, -0.2) is 18.0 Å². The van der Waals surface area contributed by atoms with Crippen molar-refractivity contribution in [2.24, 2.45) is 5.16 Å². The predicted molar refractivity (Wildman–Crippen MR) is 77.4 cm³/mol. The quantitative estimate of drug-likeness (QED) is 0.514. The zero-order valence-corrected chi connectivity index (χ0v) is 11.4. The number of allylic oxidation sites excluding steroid dienone is 5. The summed E-state index contributed by atoms with van der Waals surface area (Å²) in [5.41, 5.74) is 2.24. The van der Waals surface area contributed by atoms with Crippen molar-refractivity contribution in [1.29, 1.82) is 5.26 Å². The number of hydrogen-bond acceptors (Lipinski definition) is 4. The van der Waals surface area contributed by atoms with E-state index in [1.165, 1.54) is 7.11 Å². The summed E-state index contributed by atoms with van der Waals surface area (Å²) in [7, 11) is 1.47. The van der Waals surface area contributed by atoms with Gasteiger partial charge in [0.2, 0.25) is 0 Å². The van der Waals surface area contributed by atoms with Crippen molar-refractivity contribution in [2.75, 3.05) is 7.11 Å². The average molecular weight is 287 g/mol. The van der Waals surface area contributed by atoms with Gasteiger partial charge in [0.05, 0.1) is 12.7 Å². The molecule has 4 nitrogen and oxygen atoms in total. The Morgan fingerprint density at radius 2 is 2.00 bits per heavy atom. The third-order valence-corrected chi connectivity index (χ3v) is 3.07. The lowest BCUT2D eigenvalue weighted by atomic mass is 9.96. The van der Waals surface area contributed by atoms with E-state index in [2.05, 4.69) is 11.2 Å². The summed E-state index contributed by atoms with van der Waals surface area (Å²) in [5, 5.41) is 21.9. The molecule has 20 heavy (non-hydrogen) atoms. The van der Waals surface area contributed by atoms with E-state index in [0.29, 0.717) is 27.6 Å². The maximum absolute atomic E-state index is 9.36. The minimum atomic E-state index is 0.310. The Kier molecular flexibility index (Phi) is 4.24. The number of rotatable bonds is 2. The molecule has 2 rings (SSSR count). The van der Waals surface area contributed by atoms with E-state index in [1.807, 2.05) is 0 Å². The van der Waals surface area contributed by atoms with Crippen LogP contribution in [0.15, 0.2) is 59.0 Å². The minimum absolute atomic E-state index is 0.310. The second-order valence-electron chi connectivity index (χ2n) is 3.98. The molecule has 1 aliphatic rings. The lowest BCUT2D eigenvalue weighted by Crippen LogP contribution is -2.06. The van der Waals surface area contributed by atoms with Gasteiger partial charge in [-0.15, -0.1) is 0 Å². The summed E-state index contributed by atoms with van der Waals surface area (Å²) in [5.74, 6) is 0.395. The normalized spacial score (nSPS) is 18.4. The maximum Gasteiger partial charge on any atom is 0.148 e. The van der Waals surface area contributed by atoms with Crippen LogP contribution < -0.4 is 0 Å². The van der Waals surface area contributed by atoms with E-state index >= 15 is 0 Å². The van der Waals surface area contributed by atoms with Crippen LogP contribution >= 0.6 is 11.6 Å². The van der Waals surface area contributed by atoms with Crippen LogP contribution in [0.5, 0.6) is 0 Å². The standard InChI is InChI=1S/C15H11ClN2O2/c1-20-15-8-11(4-7-14(15)18-19)13(9-17)10-2-5-12(16)6-3-10/h2-8,19H,1H3/b13-11-,18-14+. The Labute approximate surface area is 121 Å². The van der Waals surface area contributed by atoms with Crippen molar-refractivity contribution in [1.82, 2.24) is 0 Å². The Morgan fingerprint density at radius 3 is 2.55 bits per heavy atom. The first-order valence-electron chi connectivity index (χ1n) is 5.76. The molecule has 0 saturated heterocycles. The van der Waals surface area contributed by atoms with Crippen LogP contribution in [0.3, 0.4) is 0 Å². The van der Waals surface area contributed by atoms with E-state index in [0.717, 1.165) is 5.56 Å². The van der Waals surface area contributed by atoms with Crippen LogP contribution in [-0.2, 0) is 4.74 Å². The SMILES string of the molecule is COC1=CC(=C(/C#N)c2ccc(Cl)cc2)/C=CC/1=N\O. The number of ether oxygens (including phenoxy) is 1. The smallest absolute Gasteiger partial charge is 0.148 e. The molecule has 5 heteroatoms. The zero-order chi connectivity index (χ0) is 14.5. The lowest BCUT2D eigenvalue weighted by Gasteiger charge is -2.11. The summed E-state index contributed by atoms with van der Waals surface area (Å²) in [6.07, 6.45) is 4.94. The number of oxime groups is 1. The van der Waals surface area contributed by atoms with Gasteiger partial charge in [0.25, 0.3) is 0 Å². The number of halogens is 1. The van der Waals surface area contributed by atoms with Gasteiger partial charge in [-0.2, -0.15) is 5.26 Å². The topological polar surface area (TPSA) is 65.6 Å². The molecule has 0 bridgehead atoms. The fourth-order valence-electron chi connectivity index (χ4n) is 1.83. The van der Waals surface area contributed by atoms with Gasteiger partial charge in [-0.25, -0.2) is 0 Å². The highest BCUT2D eigenvalue weighted by Crippen LogP contribution is 2.25. The number of hydrogen-bond donors (Lipinski definition) is 1. The molecule has 0 aromatic heterocycles. The molecule has 0 heterocycles. The van der Waals surface area contributed by atoms with Crippen LogP contribution in [0.1, 0.15) is 5.56 Å². The Balaban J connectivity index is 2.53. The highest BCUT2D eigenvalue weighted by Gasteiger charge is 2.14. The third-order valence-electron chi connectivity index (χ3n) is 2.82. The van der Waals surface area contributed by atoms with Crippen molar-refractivity contribution >= 4 is 22.9 Å². The zero-order valence-electron chi connectivity index (χ0n) is 10.7. The maximum atomic E-state index is 9.36. The predicted octanol–water partition coefficient (Wildman–Crippen LogP) is 3.55. The van der Waals surface area contributed by atoms with Gasteiger partial charge >= 0.3 is 0 Å². The molecule has 0 saturated carbocycles. The number of nitrogens with zero attached hydrogens (tertiary/aromatic N) is 2. The van der Waals surface area contributed by atoms with E-state index in [4.69, 9.17) is 21.5 Å². The first-order valence-corrected chi connectivity index (χ1v) is 6.14. The van der Waals surface area contributed by atoms with Gasteiger partial charge in [-0.1, -0.05) is 35.0 Å². The lowest BCUT2D eigenvalue weighted by molar-refractivity contribution is 0.295. The van der Waals surface area contributed by atoms with Gasteiger partial charge in [0, 0.05) is 5.02 Å². The summed E-state index contributed by atoms with van der Waals surface area (Å²) >= 11 is 5.84. The molecule has 0 amide bonds. The van der Waals surface area contributed by atoms with Crippen molar-refractivity contribution in [3.63, 3.8) is 0 Å². The largest absolute Gasteiger partial charge is 0.494 e. The van der Waals surface area contributed by atoms with E-state index in [1.54, 1.807) is 42.5 Å². The van der Waals surface area contributed by atoms with Crippen molar-refractivity contribution < 1.29 is 9.94 Å². The fourth-order valence-corrected chi connectivity index (χ4v) is 1.95. The van der Waals surface area contributed by atoms with Crippen LogP contribution in [0.4, 0.5) is 0 Å². The first kappa shape index (κ1) is 13.9. The molecule has 1 aromatic carbocycles. The molecule has 0 aliphatic heterocycles. The van der Waals surface area contributed by atoms with E-state index in [9.17, 15) is 5.26 Å². The number of benzene rings is 1. The van der Waals surface area contributed by atoms with Gasteiger partial charge in [-0.05, 0) is 35.4 Å². The average Bonchev–Trinajstić information content (AvgIpc) is 2.49. The Hall–Kier alpha value is -2.51. The van der Waals surface area contributed by atoms with E-state index < -0.39 is 0 Å². The molecule has 0 unspecified atom stereocenters. The second kappa shape index (κ2) is 6.09. The summed E-state index contributed by atoms with van der Waals surface area (Å²) < 4.78 is 5.13. The number of methoxy groups -OCH3 is 1. The molecule has 1 N–H and O–H groups in total. The summed E-state index contributed by atoms with van der Waals surface area (Å²) in [6, 6.07) is 9.17. The molecule has 0 spiro atoms.